The van der Waals surface area contributed by atoms with Crippen molar-refractivity contribution in [3.8, 4) is 10.7 Å². The van der Waals surface area contributed by atoms with Crippen LogP contribution in [0.25, 0.3) is 10.7 Å². The Morgan fingerprint density at radius 2 is 2.00 bits per heavy atom. The van der Waals surface area contributed by atoms with Crippen molar-refractivity contribution in [1.82, 2.24) is 9.97 Å². The normalized spacial score (nSPS) is 10.4. The second kappa shape index (κ2) is 4.38. The first-order valence-corrected chi connectivity index (χ1v) is 6.06. The lowest BCUT2D eigenvalue weighted by molar-refractivity contribution is 1.13. The van der Waals surface area contributed by atoms with E-state index in [0.29, 0.717) is 5.88 Å². The van der Waals surface area contributed by atoms with Gasteiger partial charge in [0.1, 0.15) is 0 Å². The number of hydrogen-bond donors (Lipinski definition) is 0. The van der Waals surface area contributed by atoms with Crippen LogP contribution in [0.5, 0.6) is 0 Å². The third-order valence-corrected chi connectivity index (χ3v) is 3.58. The SMILES string of the molecule is ClCc1cnc(-c2ccc(Br)s2)nc1. The van der Waals surface area contributed by atoms with Gasteiger partial charge in [-0.1, -0.05) is 0 Å². The lowest BCUT2D eigenvalue weighted by Gasteiger charge is -1.96. The minimum Gasteiger partial charge on any atom is -0.236 e. The van der Waals surface area contributed by atoms with Crippen LogP contribution in [0.4, 0.5) is 0 Å². The lowest BCUT2D eigenvalue weighted by atomic mass is 10.4. The van der Waals surface area contributed by atoms with Crippen molar-refractivity contribution >= 4 is 38.9 Å². The fourth-order valence-corrected chi connectivity index (χ4v) is 2.46. The van der Waals surface area contributed by atoms with Crippen LogP contribution in [-0.2, 0) is 5.88 Å². The van der Waals surface area contributed by atoms with E-state index in [1.807, 2.05) is 12.1 Å². The van der Waals surface area contributed by atoms with Gasteiger partial charge in [-0.3, -0.25) is 0 Å². The molecule has 0 aromatic carbocycles. The predicted molar refractivity (Wildman–Crippen MR) is 62.6 cm³/mol. The number of thiophene rings is 1. The zero-order chi connectivity index (χ0) is 9.97. The van der Waals surface area contributed by atoms with E-state index in [-0.39, 0.29) is 0 Å². The van der Waals surface area contributed by atoms with Gasteiger partial charge >= 0.3 is 0 Å². The molecule has 0 N–H and O–H groups in total. The number of aromatic nitrogens is 2. The average Bonchev–Trinajstić information content (AvgIpc) is 2.65. The molecule has 0 bridgehead atoms. The van der Waals surface area contributed by atoms with E-state index in [9.17, 15) is 0 Å². The van der Waals surface area contributed by atoms with E-state index in [0.717, 1.165) is 20.1 Å². The molecular formula is C9H6BrClN2S. The van der Waals surface area contributed by atoms with Gasteiger partial charge in [-0.05, 0) is 28.1 Å². The number of alkyl halides is 1. The predicted octanol–water partition coefficient (Wildman–Crippen LogP) is 3.71. The second-order valence-electron chi connectivity index (χ2n) is 2.65. The fraction of sp³-hybridized carbons (Fsp3) is 0.111. The van der Waals surface area contributed by atoms with Crippen molar-refractivity contribution in [2.45, 2.75) is 5.88 Å². The van der Waals surface area contributed by atoms with E-state index in [1.165, 1.54) is 0 Å². The maximum Gasteiger partial charge on any atom is 0.169 e. The highest BCUT2D eigenvalue weighted by Gasteiger charge is 2.03. The monoisotopic (exact) mass is 288 g/mol. The standard InChI is InChI=1S/C9H6BrClN2S/c10-8-2-1-7(14-8)9-12-4-6(3-11)5-13-9/h1-2,4-5H,3H2. The third kappa shape index (κ3) is 2.13. The Morgan fingerprint density at radius 3 is 2.50 bits per heavy atom. The molecule has 0 saturated heterocycles. The molecule has 0 unspecified atom stereocenters. The average molecular weight is 290 g/mol. The summed E-state index contributed by atoms with van der Waals surface area (Å²) in [6.45, 7) is 0. The van der Waals surface area contributed by atoms with Gasteiger partial charge in [-0.25, -0.2) is 9.97 Å². The number of hydrogen-bond acceptors (Lipinski definition) is 3. The Bertz CT molecular complexity index is 427. The molecule has 2 nitrogen and oxygen atoms in total. The molecule has 0 aliphatic heterocycles. The molecule has 2 rings (SSSR count). The van der Waals surface area contributed by atoms with Crippen LogP contribution in [-0.4, -0.2) is 9.97 Å². The summed E-state index contributed by atoms with van der Waals surface area (Å²) in [7, 11) is 0. The highest BCUT2D eigenvalue weighted by molar-refractivity contribution is 9.11. The van der Waals surface area contributed by atoms with Crippen LogP contribution < -0.4 is 0 Å². The van der Waals surface area contributed by atoms with Gasteiger partial charge in [0.25, 0.3) is 0 Å². The van der Waals surface area contributed by atoms with Gasteiger partial charge in [0.05, 0.1) is 14.5 Å². The summed E-state index contributed by atoms with van der Waals surface area (Å²) in [5.41, 5.74) is 0.936. The molecule has 0 fully saturated rings. The molecule has 2 aromatic heterocycles. The van der Waals surface area contributed by atoms with E-state index in [2.05, 4.69) is 25.9 Å². The fourth-order valence-electron chi connectivity index (χ4n) is 0.985. The molecule has 0 atom stereocenters. The molecule has 0 radical (unpaired) electrons. The van der Waals surface area contributed by atoms with Crippen LogP contribution in [0, 0.1) is 0 Å². The van der Waals surface area contributed by atoms with Crippen molar-refractivity contribution in [3.63, 3.8) is 0 Å². The molecule has 14 heavy (non-hydrogen) atoms. The molecule has 5 heteroatoms. The summed E-state index contributed by atoms with van der Waals surface area (Å²) in [5.74, 6) is 1.20. The molecule has 2 heterocycles. The van der Waals surface area contributed by atoms with Crippen LogP contribution in [0.3, 0.4) is 0 Å². The van der Waals surface area contributed by atoms with Crippen LogP contribution in [0.15, 0.2) is 28.3 Å². The molecule has 2 aromatic rings. The summed E-state index contributed by atoms with van der Waals surface area (Å²) in [6, 6.07) is 3.98. The van der Waals surface area contributed by atoms with E-state index in [1.54, 1.807) is 23.7 Å². The van der Waals surface area contributed by atoms with Crippen molar-refractivity contribution in [2.24, 2.45) is 0 Å². The smallest absolute Gasteiger partial charge is 0.169 e. The Kier molecular flexibility index (Phi) is 3.15. The molecule has 0 spiro atoms. The zero-order valence-corrected chi connectivity index (χ0v) is 10.2. The first-order chi connectivity index (χ1) is 6.79. The van der Waals surface area contributed by atoms with Crippen molar-refractivity contribution in [2.75, 3.05) is 0 Å². The summed E-state index contributed by atoms with van der Waals surface area (Å²) in [6.07, 6.45) is 3.51. The second-order valence-corrected chi connectivity index (χ2v) is 5.38. The van der Waals surface area contributed by atoms with Crippen LogP contribution >= 0.6 is 38.9 Å². The summed E-state index contributed by atoms with van der Waals surface area (Å²) in [4.78, 5) is 9.51. The first-order valence-electron chi connectivity index (χ1n) is 3.92. The summed E-state index contributed by atoms with van der Waals surface area (Å²) in [5, 5.41) is 0. The Balaban J connectivity index is 2.33. The molecule has 72 valence electrons. The number of rotatable bonds is 2. The summed E-state index contributed by atoms with van der Waals surface area (Å²) >= 11 is 10.7. The maximum absolute atomic E-state index is 5.64. The minimum absolute atomic E-state index is 0.453. The molecule has 0 aliphatic carbocycles. The Labute approximate surface area is 99.1 Å². The number of halogens is 2. The van der Waals surface area contributed by atoms with Gasteiger partial charge in [0, 0.05) is 18.0 Å². The summed E-state index contributed by atoms with van der Waals surface area (Å²) < 4.78 is 1.08. The topological polar surface area (TPSA) is 25.8 Å². The minimum atomic E-state index is 0.453. The lowest BCUT2D eigenvalue weighted by Crippen LogP contribution is -1.88. The van der Waals surface area contributed by atoms with E-state index < -0.39 is 0 Å². The Morgan fingerprint density at radius 1 is 1.29 bits per heavy atom. The van der Waals surface area contributed by atoms with E-state index in [4.69, 9.17) is 11.6 Å². The Hall–Kier alpha value is -0.450. The van der Waals surface area contributed by atoms with Gasteiger partial charge in [-0.2, -0.15) is 0 Å². The highest BCUT2D eigenvalue weighted by atomic mass is 79.9. The van der Waals surface area contributed by atoms with Crippen molar-refractivity contribution in [1.29, 1.82) is 0 Å². The maximum atomic E-state index is 5.64. The quantitative estimate of drug-likeness (QED) is 0.788. The van der Waals surface area contributed by atoms with Crippen molar-refractivity contribution < 1.29 is 0 Å². The van der Waals surface area contributed by atoms with Gasteiger partial charge in [-0.15, -0.1) is 22.9 Å². The van der Waals surface area contributed by atoms with Gasteiger partial charge < -0.3 is 0 Å². The largest absolute Gasteiger partial charge is 0.236 e. The molecular weight excluding hydrogens is 284 g/mol. The third-order valence-electron chi connectivity index (χ3n) is 1.65. The zero-order valence-electron chi connectivity index (χ0n) is 7.08. The van der Waals surface area contributed by atoms with Gasteiger partial charge in [0.2, 0.25) is 0 Å². The van der Waals surface area contributed by atoms with Crippen LogP contribution in [0.1, 0.15) is 5.56 Å². The molecule has 0 saturated carbocycles. The van der Waals surface area contributed by atoms with Crippen LogP contribution in [0.2, 0.25) is 0 Å². The highest BCUT2D eigenvalue weighted by Crippen LogP contribution is 2.28. The molecule has 0 amide bonds. The van der Waals surface area contributed by atoms with Gasteiger partial charge in [0.15, 0.2) is 5.82 Å². The van der Waals surface area contributed by atoms with Crippen molar-refractivity contribution in [3.05, 3.63) is 33.9 Å². The number of nitrogens with zero attached hydrogens (tertiary/aromatic N) is 2. The first kappa shape index (κ1) is 10.1. The van der Waals surface area contributed by atoms with E-state index >= 15 is 0 Å². The molecule has 0 aliphatic rings.